The molecule has 0 fully saturated rings. The lowest BCUT2D eigenvalue weighted by atomic mass is 10.0. The van der Waals surface area contributed by atoms with Crippen molar-refractivity contribution in [2.45, 2.75) is 20.8 Å². The van der Waals surface area contributed by atoms with Crippen LogP contribution in [-0.4, -0.2) is 25.2 Å². The average molecular weight is 315 g/mol. The summed E-state index contributed by atoms with van der Waals surface area (Å²) in [4.78, 5) is 10.4. The molecule has 0 spiro atoms. The summed E-state index contributed by atoms with van der Waals surface area (Å²) >= 11 is 0. The number of benzene rings is 1. The van der Waals surface area contributed by atoms with Crippen LogP contribution >= 0.6 is 0 Å². The summed E-state index contributed by atoms with van der Waals surface area (Å²) in [6, 6.07) is 3.61. The lowest BCUT2D eigenvalue weighted by Crippen LogP contribution is -2.26. The number of aliphatic carboxylic acids is 1. The van der Waals surface area contributed by atoms with Gasteiger partial charge >= 0.3 is 5.97 Å². The maximum Gasteiger partial charge on any atom is 0.328 e. The van der Waals surface area contributed by atoms with E-state index in [9.17, 15) is 17.6 Å². The highest BCUT2D eigenvalue weighted by Crippen LogP contribution is 2.21. The van der Waals surface area contributed by atoms with Crippen LogP contribution in [0.4, 0.5) is 10.1 Å². The van der Waals surface area contributed by atoms with Crippen LogP contribution in [0, 0.1) is 11.2 Å². The molecule has 0 bridgehead atoms. The Hall–Kier alpha value is -1.89. The van der Waals surface area contributed by atoms with Gasteiger partial charge in [0.1, 0.15) is 5.82 Å². The van der Waals surface area contributed by atoms with Gasteiger partial charge in [0.05, 0.1) is 5.75 Å². The van der Waals surface area contributed by atoms with Crippen LogP contribution in [0.5, 0.6) is 0 Å². The molecule has 0 radical (unpaired) electrons. The summed E-state index contributed by atoms with van der Waals surface area (Å²) in [7, 11) is -3.57. The third-order valence-electron chi connectivity index (χ3n) is 2.30. The fourth-order valence-corrected chi connectivity index (χ4v) is 3.38. The van der Waals surface area contributed by atoms with Gasteiger partial charge in [-0.15, -0.1) is 0 Å². The fourth-order valence-electron chi connectivity index (χ4n) is 1.68. The van der Waals surface area contributed by atoms with Crippen molar-refractivity contribution >= 4 is 27.8 Å². The molecule has 5 nitrogen and oxygen atoms in total. The van der Waals surface area contributed by atoms with Crippen LogP contribution in [0.3, 0.4) is 0 Å². The molecule has 0 unspecified atom stereocenters. The Morgan fingerprint density at radius 3 is 2.52 bits per heavy atom. The number of carboxylic acid groups (broad SMARTS) is 1. The Kier molecular flexibility index (Phi) is 5.11. The van der Waals surface area contributed by atoms with Crippen molar-refractivity contribution in [3.63, 3.8) is 0 Å². The number of anilines is 1. The number of halogens is 1. The van der Waals surface area contributed by atoms with Gasteiger partial charge in [-0.25, -0.2) is 17.6 Å². The maximum atomic E-state index is 13.5. The smallest absolute Gasteiger partial charge is 0.328 e. The zero-order chi connectivity index (χ0) is 16.3. The van der Waals surface area contributed by atoms with Crippen molar-refractivity contribution < 1.29 is 22.7 Å². The van der Waals surface area contributed by atoms with E-state index < -0.39 is 27.2 Å². The third-order valence-corrected chi connectivity index (χ3v) is 4.09. The molecule has 1 aromatic rings. The van der Waals surface area contributed by atoms with Crippen molar-refractivity contribution in [3.8, 4) is 0 Å². The quantitative estimate of drug-likeness (QED) is 0.818. The number of carboxylic acids is 1. The van der Waals surface area contributed by atoms with E-state index in [4.69, 9.17) is 5.11 Å². The summed E-state index contributed by atoms with van der Waals surface area (Å²) in [6.45, 7) is 5.37. The van der Waals surface area contributed by atoms with Gasteiger partial charge in [-0.3, -0.25) is 4.72 Å². The Labute approximate surface area is 123 Å². The molecule has 7 heteroatoms. The van der Waals surface area contributed by atoms with E-state index in [1.54, 1.807) is 20.8 Å². The predicted molar refractivity (Wildman–Crippen MR) is 79.9 cm³/mol. The molecular weight excluding hydrogens is 297 g/mol. The Morgan fingerprint density at radius 1 is 1.38 bits per heavy atom. The number of nitrogens with one attached hydrogen (secondary N) is 1. The number of carbonyl (C=O) groups is 1. The molecule has 1 rings (SSSR count). The van der Waals surface area contributed by atoms with E-state index in [0.717, 1.165) is 18.2 Å². The third kappa shape index (κ3) is 6.40. The van der Waals surface area contributed by atoms with Gasteiger partial charge in [-0.1, -0.05) is 20.8 Å². The van der Waals surface area contributed by atoms with E-state index in [1.165, 1.54) is 12.1 Å². The summed E-state index contributed by atoms with van der Waals surface area (Å²) in [6.07, 6.45) is 1.85. The summed E-state index contributed by atoms with van der Waals surface area (Å²) in [5.41, 5.74) is -0.239. The van der Waals surface area contributed by atoms with Gasteiger partial charge < -0.3 is 5.11 Å². The van der Waals surface area contributed by atoms with E-state index in [-0.39, 0.29) is 17.0 Å². The van der Waals surface area contributed by atoms with Crippen LogP contribution in [-0.2, 0) is 14.8 Å². The first-order valence-corrected chi connectivity index (χ1v) is 7.85. The molecule has 0 aliphatic rings. The molecule has 0 heterocycles. The zero-order valence-corrected chi connectivity index (χ0v) is 12.9. The number of rotatable bonds is 5. The lowest BCUT2D eigenvalue weighted by molar-refractivity contribution is -0.131. The molecule has 0 saturated heterocycles. The van der Waals surface area contributed by atoms with Crippen LogP contribution in [0.2, 0.25) is 0 Å². The molecule has 116 valence electrons. The van der Waals surface area contributed by atoms with Crippen LogP contribution in [0.15, 0.2) is 24.3 Å². The molecule has 0 aliphatic carbocycles. The standard InChI is InChI=1S/C14H18FNO4S/c1-14(2,3)9-21(19,20)16-11-5-6-12(15)10(8-11)4-7-13(17)18/h4-8,16H,9H2,1-3H3,(H,17,18)/b7-4+. The van der Waals surface area contributed by atoms with Gasteiger partial charge in [0.25, 0.3) is 0 Å². The molecular formula is C14H18FNO4S. The van der Waals surface area contributed by atoms with E-state index in [0.29, 0.717) is 0 Å². The minimum absolute atomic E-state index is 0.00615. The second-order valence-electron chi connectivity index (χ2n) is 5.83. The van der Waals surface area contributed by atoms with Gasteiger partial charge in [-0.2, -0.15) is 0 Å². The highest BCUT2D eigenvalue weighted by molar-refractivity contribution is 7.92. The molecule has 0 aromatic heterocycles. The van der Waals surface area contributed by atoms with Crippen LogP contribution in [0.1, 0.15) is 26.3 Å². The van der Waals surface area contributed by atoms with E-state index in [2.05, 4.69) is 4.72 Å². The first-order valence-electron chi connectivity index (χ1n) is 6.20. The minimum Gasteiger partial charge on any atom is -0.478 e. The SMILES string of the molecule is CC(C)(C)CS(=O)(=O)Nc1ccc(F)c(/C=C/C(=O)O)c1. The number of hydrogen-bond donors (Lipinski definition) is 2. The zero-order valence-electron chi connectivity index (χ0n) is 12.1. The molecule has 0 amide bonds. The molecule has 0 aliphatic heterocycles. The van der Waals surface area contributed by atoms with Crippen molar-refractivity contribution in [2.24, 2.45) is 5.41 Å². The van der Waals surface area contributed by atoms with Crippen molar-refractivity contribution in [1.29, 1.82) is 0 Å². The van der Waals surface area contributed by atoms with Gasteiger partial charge in [-0.05, 0) is 29.7 Å². The monoisotopic (exact) mass is 315 g/mol. The van der Waals surface area contributed by atoms with E-state index >= 15 is 0 Å². The first-order chi connectivity index (χ1) is 9.48. The highest BCUT2D eigenvalue weighted by atomic mass is 32.2. The molecule has 2 N–H and O–H groups in total. The van der Waals surface area contributed by atoms with Crippen molar-refractivity contribution in [3.05, 3.63) is 35.7 Å². The normalized spacial score (nSPS) is 12.6. The Balaban J connectivity index is 3.00. The van der Waals surface area contributed by atoms with Crippen molar-refractivity contribution in [1.82, 2.24) is 0 Å². The number of sulfonamides is 1. The minimum atomic E-state index is -3.57. The van der Waals surface area contributed by atoms with Gasteiger partial charge in [0.2, 0.25) is 10.0 Å². The summed E-state index contributed by atoms with van der Waals surface area (Å²) < 4.78 is 39.8. The van der Waals surface area contributed by atoms with Crippen LogP contribution in [0.25, 0.3) is 6.08 Å². The Morgan fingerprint density at radius 2 is 2.00 bits per heavy atom. The average Bonchev–Trinajstić information content (AvgIpc) is 2.26. The second kappa shape index (κ2) is 6.26. The highest BCUT2D eigenvalue weighted by Gasteiger charge is 2.21. The lowest BCUT2D eigenvalue weighted by Gasteiger charge is -2.19. The first kappa shape index (κ1) is 17.2. The van der Waals surface area contributed by atoms with Crippen LogP contribution < -0.4 is 4.72 Å². The fraction of sp³-hybridized carbons (Fsp3) is 0.357. The Bertz CT molecular complexity index is 660. The number of hydrogen-bond acceptors (Lipinski definition) is 3. The van der Waals surface area contributed by atoms with Gasteiger partial charge in [0.15, 0.2) is 0 Å². The van der Waals surface area contributed by atoms with Crippen molar-refractivity contribution in [2.75, 3.05) is 10.5 Å². The van der Waals surface area contributed by atoms with Gasteiger partial charge in [0, 0.05) is 17.3 Å². The topological polar surface area (TPSA) is 83.5 Å². The predicted octanol–water partition coefficient (Wildman–Crippen LogP) is 2.71. The molecule has 1 aromatic carbocycles. The molecule has 21 heavy (non-hydrogen) atoms. The van der Waals surface area contributed by atoms with E-state index in [1.807, 2.05) is 0 Å². The summed E-state index contributed by atoms with van der Waals surface area (Å²) in [5.74, 6) is -1.93. The summed E-state index contributed by atoms with van der Waals surface area (Å²) in [5, 5.41) is 8.53. The largest absolute Gasteiger partial charge is 0.478 e. The molecule has 0 saturated carbocycles. The maximum absolute atomic E-state index is 13.5. The molecule has 0 atom stereocenters. The second-order valence-corrected chi connectivity index (χ2v) is 7.55.